The van der Waals surface area contributed by atoms with Crippen molar-refractivity contribution in [3.8, 4) is 0 Å². The maximum atomic E-state index is 6.55. The molecule has 0 aromatic heterocycles. The third-order valence-corrected chi connectivity index (χ3v) is 3.91. The van der Waals surface area contributed by atoms with E-state index in [-0.39, 0.29) is 0 Å². The maximum absolute atomic E-state index is 6.55. The molecule has 0 saturated carbocycles. The Hall–Kier alpha value is -1.12. The minimum atomic E-state index is -0.460. The van der Waals surface area contributed by atoms with Gasteiger partial charge in [-0.1, -0.05) is 51.8 Å². The van der Waals surface area contributed by atoms with Gasteiger partial charge in [0, 0.05) is 4.47 Å². The lowest BCUT2D eigenvalue weighted by atomic mass is 9.83. The lowest BCUT2D eigenvalue weighted by Crippen LogP contribution is -2.35. The van der Waals surface area contributed by atoms with Crippen molar-refractivity contribution < 1.29 is 0 Å². The summed E-state index contributed by atoms with van der Waals surface area (Å²) >= 11 is 3.45. The predicted octanol–water partition coefficient (Wildman–Crippen LogP) is 4.29. The quantitative estimate of drug-likeness (QED) is 0.880. The molecule has 0 radical (unpaired) electrons. The molecule has 2 heteroatoms. The molecule has 0 amide bonds. The van der Waals surface area contributed by atoms with Crippen molar-refractivity contribution in [3.63, 3.8) is 0 Å². The fourth-order valence-electron chi connectivity index (χ4n) is 2.35. The Kier molecular flexibility index (Phi) is 3.60. The number of aryl methyl sites for hydroxylation is 2. The van der Waals surface area contributed by atoms with Gasteiger partial charge in [0.1, 0.15) is 0 Å². The Balaban J connectivity index is 2.50. The summed E-state index contributed by atoms with van der Waals surface area (Å²) in [4.78, 5) is 0. The number of halogens is 1. The Labute approximate surface area is 117 Å². The van der Waals surface area contributed by atoms with Gasteiger partial charge in [0.25, 0.3) is 0 Å². The van der Waals surface area contributed by atoms with Gasteiger partial charge in [0.05, 0.1) is 5.54 Å². The van der Waals surface area contributed by atoms with Crippen molar-refractivity contribution in [2.75, 3.05) is 0 Å². The lowest BCUT2D eigenvalue weighted by Gasteiger charge is -2.28. The molecule has 1 nitrogen and oxygen atoms in total. The van der Waals surface area contributed by atoms with Crippen molar-refractivity contribution >= 4 is 15.9 Å². The van der Waals surface area contributed by atoms with Gasteiger partial charge < -0.3 is 5.73 Å². The zero-order chi connectivity index (χ0) is 13.3. The van der Waals surface area contributed by atoms with E-state index < -0.39 is 5.54 Å². The second kappa shape index (κ2) is 4.87. The number of rotatable bonds is 2. The first kappa shape index (κ1) is 13.3. The van der Waals surface area contributed by atoms with Gasteiger partial charge in [-0.3, -0.25) is 0 Å². The van der Waals surface area contributed by atoms with Gasteiger partial charge in [0.15, 0.2) is 0 Å². The van der Waals surface area contributed by atoms with Crippen LogP contribution >= 0.6 is 15.9 Å². The van der Waals surface area contributed by atoms with Crippen molar-refractivity contribution in [1.82, 2.24) is 0 Å². The van der Waals surface area contributed by atoms with Gasteiger partial charge in [-0.25, -0.2) is 0 Å². The monoisotopic (exact) mass is 303 g/mol. The van der Waals surface area contributed by atoms with Crippen molar-refractivity contribution in [2.24, 2.45) is 5.73 Å². The third kappa shape index (κ3) is 2.50. The van der Waals surface area contributed by atoms with Gasteiger partial charge in [0.2, 0.25) is 0 Å². The molecule has 0 aliphatic heterocycles. The molecule has 1 atom stereocenters. The summed E-state index contributed by atoms with van der Waals surface area (Å²) in [6, 6.07) is 14.6. The van der Waals surface area contributed by atoms with Crippen LogP contribution in [0.4, 0.5) is 0 Å². The van der Waals surface area contributed by atoms with Crippen LogP contribution in [0.1, 0.15) is 29.2 Å². The predicted molar refractivity (Wildman–Crippen MR) is 80.7 cm³/mol. The van der Waals surface area contributed by atoms with Crippen LogP contribution in [0.25, 0.3) is 0 Å². The molecule has 2 rings (SSSR count). The first-order valence-corrected chi connectivity index (χ1v) is 6.83. The molecule has 0 aliphatic rings. The summed E-state index contributed by atoms with van der Waals surface area (Å²) in [5, 5.41) is 0. The molecule has 0 saturated heterocycles. The van der Waals surface area contributed by atoms with Gasteiger partial charge in [-0.2, -0.15) is 0 Å². The third-order valence-electron chi connectivity index (χ3n) is 3.39. The Morgan fingerprint density at radius 2 is 1.61 bits per heavy atom. The van der Waals surface area contributed by atoms with E-state index in [1.165, 1.54) is 16.7 Å². The largest absolute Gasteiger partial charge is 0.318 e. The van der Waals surface area contributed by atoms with Crippen LogP contribution in [0.5, 0.6) is 0 Å². The maximum Gasteiger partial charge on any atom is 0.0639 e. The Morgan fingerprint density at radius 3 is 2.17 bits per heavy atom. The standard InChI is InChI=1S/C16H18BrN/c1-11-4-9-15(12(2)10-11)16(3,18)13-5-7-14(17)8-6-13/h4-10H,18H2,1-3H3. The molecule has 1 unspecified atom stereocenters. The number of hydrogen-bond donors (Lipinski definition) is 1. The van der Waals surface area contributed by atoms with E-state index in [9.17, 15) is 0 Å². The van der Waals surface area contributed by atoms with E-state index in [0.29, 0.717) is 0 Å². The van der Waals surface area contributed by atoms with E-state index in [1.807, 2.05) is 12.1 Å². The Bertz CT molecular complexity index is 556. The molecule has 0 heterocycles. The number of nitrogens with two attached hydrogens (primary N) is 1. The van der Waals surface area contributed by atoms with Crippen LogP contribution in [0.3, 0.4) is 0 Å². The van der Waals surface area contributed by atoms with Gasteiger partial charge >= 0.3 is 0 Å². The number of benzene rings is 2. The summed E-state index contributed by atoms with van der Waals surface area (Å²) in [6.45, 7) is 6.28. The van der Waals surface area contributed by atoms with Crippen LogP contribution in [-0.2, 0) is 5.54 Å². The minimum Gasteiger partial charge on any atom is -0.318 e. The van der Waals surface area contributed by atoms with Crippen molar-refractivity contribution in [3.05, 3.63) is 69.2 Å². The average molecular weight is 304 g/mol. The average Bonchev–Trinajstić information content (AvgIpc) is 2.29. The van der Waals surface area contributed by atoms with Crippen LogP contribution in [0, 0.1) is 13.8 Å². The van der Waals surface area contributed by atoms with Gasteiger partial charge in [-0.15, -0.1) is 0 Å². The molecule has 2 aromatic rings. The number of hydrogen-bond acceptors (Lipinski definition) is 1. The summed E-state index contributed by atoms with van der Waals surface area (Å²) in [6.07, 6.45) is 0. The molecule has 0 aliphatic carbocycles. The van der Waals surface area contributed by atoms with Crippen LogP contribution in [0.2, 0.25) is 0 Å². The topological polar surface area (TPSA) is 26.0 Å². The van der Waals surface area contributed by atoms with Crippen LogP contribution in [-0.4, -0.2) is 0 Å². The second-order valence-corrected chi connectivity index (χ2v) is 5.94. The lowest BCUT2D eigenvalue weighted by molar-refractivity contribution is 0.598. The molecule has 0 fully saturated rings. The summed E-state index contributed by atoms with van der Waals surface area (Å²) in [5.41, 5.74) is 10.9. The van der Waals surface area contributed by atoms with E-state index >= 15 is 0 Å². The van der Waals surface area contributed by atoms with Crippen molar-refractivity contribution in [2.45, 2.75) is 26.3 Å². The first-order valence-electron chi connectivity index (χ1n) is 6.04. The second-order valence-electron chi connectivity index (χ2n) is 5.03. The smallest absolute Gasteiger partial charge is 0.0639 e. The summed E-state index contributed by atoms with van der Waals surface area (Å²) in [7, 11) is 0. The normalized spacial score (nSPS) is 14.3. The highest BCUT2D eigenvalue weighted by atomic mass is 79.9. The molecule has 2 N–H and O–H groups in total. The van der Waals surface area contributed by atoms with E-state index in [4.69, 9.17) is 5.73 Å². The highest BCUT2D eigenvalue weighted by molar-refractivity contribution is 9.10. The molecule has 94 valence electrons. The molecular weight excluding hydrogens is 286 g/mol. The van der Waals surface area contributed by atoms with Crippen molar-refractivity contribution in [1.29, 1.82) is 0 Å². The SMILES string of the molecule is Cc1ccc(C(C)(N)c2ccc(Br)cc2)c(C)c1. The molecule has 18 heavy (non-hydrogen) atoms. The zero-order valence-corrected chi connectivity index (χ0v) is 12.6. The highest BCUT2D eigenvalue weighted by Crippen LogP contribution is 2.30. The summed E-state index contributed by atoms with van der Waals surface area (Å²) < 4.78 is 1.07. The fourth-order valence-corrected chi connectivity index (χ4v) is 2.61. The minimum absolute atomic E-state index is 0.460. The Morgan fingerprint density at radius 1 is 1.00 bits per heavy atom. The van der Waals surface area contributed by atoms with Crippen LogP contribution in [0.15, 0.2) is 46.9 Å². The molecule has 0 spiro atoms. The van der Waals surface area contributed by atoms with Gasteiger partial charge in [-0.05, 0) is 49.6 Å². The fraction of sp³-hybridized carbons (Fsp3) is 0.250. The van der Waals surface area contributed by atoms with E-state index in [0.717, 1.165) is 10.0 Å². The molecule has 2 aromatic carbocycles. The first-order chi connectivity index (χ1) is 8.41. The zero-order valence-electron chi connectivity index (χ0n) is 11.0. The molecular formula is C16H18BrN. The summed E-state index contributed by atoms with van der Waals surface area (Å²) in [5.74, 6) is 0. The van der Waals surface area contributed by atoms with E-state index in [1.54, 1.807) is 0 Å². The van der Waals surface area contributed by atoms with Crippen LogP contribution < -0.4 is 5.73 Å². The molecule has 0 bridgehead atoms. The highest BCUT2D eigenvalue weighted by Gasteiger charge is 2.25. The van der Waals surface area contributed by atoms with E-state index in [2.05, 4.69) is 67.0 Å².